The summed E-state index contributed by atoms with van der Waals surface area (Å²) in [4.78, 5) is 15.9. The molecule has 0 aromatic carbocycles. The predicted octanol–water partition coefficient (Wildman–Crippen LogP) is 1.12. The average molecular weight is 239 g/mol. The van der Waals surface area contributed by atoms with Gasteiger partial charge in [0.15, 0.2) is 0 Å². The maximum Gasteiger partial charge on any atom is 0.275 e. The highest BCUT2D eigenvalue weighted by Gasteiger charge is 2.18. The molecule has 5 heteroatoms. The van der Waals surface area contributed by atoms with E-state index >= 15 is 0 Å². The fourth-order valence-corrected chi connectivity index (χ4v) is 3.17. The minimum absolute atomic E-state index is 0.180. The molecule has 0 spiro atoms. The number of carbonyl (C=O) groups is 1. The quantitative estimate of drug-likeness (QED) is 0.462. The maximum absolute atomic E-state index is 11.4. The minimum atomic E-state index is -0.180. The Labute approximate surface area is 99.4 Å². The summed E-state index contributed by atoms with van der Waals surface area (Å²) in [6.45, 7) is 5.34. The van der Waals surface area contributed by atoms with Crippen molar-refractivity contribution in [2.24, 2.45) is 5.84 Å². The van der Waals surface area contributed by atoms with Crippen LogP contribution in [0.4, 0.5) is 0 Å². The second-order valence-corrected chi connectivity index (χ2v) is 5.14. The summed E-state index contributed by atoms with van der Waals surface area (Å²) < 4.78 is 0. The fourth-order valence-electron chi connectivity index (χ4n) is 2.05. The molecule has 1 aromatic rings. The SMILES string of the molecule is CCN1CCCc2sc(C(=O)NN)cc2C1. The second-order valence-electron chi connectivity index (χ2n) is 4.00. The highest BCUT2D eigenvalue weighted by atomic mass is 32.1. The molecule has 3 N–H and O–H groups in total. The van der Waals surface area contributed by atoms with Crippen molar-refractivity contribution in [1.29, 1.82) is 0 Å². The Morgan fingerprint density at radius 3 is 3.19 bits per heavy atom. The molecule has 0 saturated carbocycles. The summed E-state index contributed by atoms with van der Waals surface area (Å²) >= 11 is 1.58. The van der Waals surface area contributed by atoms with Crippen LogP contribution in [0.5, 0.6) is 0 Å². The molecule has 2 heterocycles. The first-order valence-electron chi connectivity index (χ1n) is 5.59. The van der Waals surface area contributed by atoms with Gasteiger partial charge < -0.3 is 0 Å². The third-order valence-corrected chi connectivity index (χ3v) is 4.21. The van der Waals surface area contributed by atoms with Crippen LogP contribution in [-0.2, 0) is 13.0 Å². The molecule has 0 aliphatic carbocycles. The number of rotatable bonds is 2. The molecule has 1 aliphatic heterocycles. The van der Waals surface area contributed by atoms with Crippen molar-refractivity contribution in [3.63, 3.8) is 0 Å². The number of carbonyl (C=O) groups excluding carboxylic acids is 1. The number of fused-ring (bicyclic) bond motifs is 1. The van der Waals surface area contributed by atoms with Crippen molar-refractivity contribution < 1.29 is 4.79 Å². The lowest BCUT2D eigenvalue weighted by Crippen LogP contribution is -2.29. The van der Waals surface area contributed by atoms with Crippen molar-refractivity contribution in [2.75, 3.05) is 13.1 Å². The van der Waals surface area contributed by atoms with Crippen molar-refractivity contribution >= 4 is 17.2 Å². The van der Waals surface area contributed by atoms with Crippen LogP contribution in [0.1, 0.15) is 33.5 Å². The zero-order valence-corrected chi connectivity index (χ0v) is 10.3. The molecule has 0 bridgehead atoms. The molecule has 88 valence electrons. The minimum Gasteiger partial charge on any atom is -0.299 e. The average Bonchev–Trinajstić information content (AvgIpc) is 2.60. The predicted molar refractivity (Wildman–Crippen MR) is 65.2 cm³/mol. The molecule has 0 unspecified atom stereocenters. The zero-order chi connectivity index (χ0) is 11.5. The van der Waals surface area contributed by atoms with Gasteiger partial charge in [0, 0.05) is 11.4 Å². The van der Waals surface area contributed by atoms with E-state index in [0.717, 1.165) is 30.9 Å². The van der Waals surface area contributed by atoms with Gasteiger partial charge in [0.25, 0.3) is 5.91 Å². The first kappa shape index (κ1) is 11.6. The van der Waals surface area contributed by atoms with Crippen molar-refractivity contribution in [2.45, 2.75) is 26.3 Å². The van der Waals surface area contributed by atoms with Crippen LogP contribution < -0.4 is 11.3 Å². The van der Waals surface area contributed by atoms with Gasteiger partial charge in [-0.15, -0.1) is 11.3 Å². The number of hydrogen-bond acceptors (Lipinski definition) is 4. The number of nitrogens with two attached hydrogens (primary N) is 1. The smallest absolute Gasteiger partial charge is 0.275 e. The Morgan fingerprint density at radius 1 is 1.69 bits per heavy atom. The number of nitrogens with one attached hydrogen (secondary N) is 1. The Morgan fingerprint density at radius 2 is 2.50 bits per heavy atom. The molecular formula is C11H17N3OS. The number of hydrazine groups is 1. The third-order valence-electron chi connectivity index (χ3n) is 2.97. The molecule has 0 fully saturated rings. The van der Waals surface area contributed by atoms with E-state index in [0.29, 0.717) is 0 Å². The van der Waals surface area contributed by atoms with E-state index < -0.39 is 0 Å². The zero-order valence-electron chi connectivity index (χ0n) is 9.45. The van der Waals surface area contributed by atoms with Gasteiger partial charge in [0.2, 0.25) is 0 Å². The number of amides is 1. The Kier molecular flexibility index (Phi) is 3.58. The number of nitrogen functional groups attached to an aromatic ring is 1. The van der Waals surface area contributed by atoms with Crippen LogP contribution in [0.3, 0.4) is 0 Å². The first-order chi connectivity index (χ1) is 7.74. The van der Waals surface area contributed by atoms with E-state index in [4.69, 9.17) is 5.84 Å². The first-order valence-corrected chi connectivity index (χ1v) is 6.41. The molecule has 2 rings (SSSR count). The summed E-state index contributed by atoms with van der Waals surface area (Å²) in [5.41, 5.74) is 3.48. The Bertz CT molecular complexity index is 389. The number of nitrogens with zero attached hydrogens (tertiary/aromatic N) is 1. The van der Waals surface area contributed by atoms with Crippen LogP contribution in [0.15, 0.2) is 6.07 Å². The highest BCUT2D eigenvalue weighted by molar-refractivity contribution is 7.14. The van der Waals surface area contributed by atoms with Crippen molar-refractivity contribution in [3.05, 3.63) is 21.4 Å². The summed E-state index contributed by atoms with van der Waals surface area (Å²) in [7, 11) is 0. The second kappa shape index (κ2) is 4.95. The number of thiophene rings is 1. The molecule has 1 aliphatic rings. The van der Waals surface area contributed by atoms with Gasteiger partial charge in [-0.2, -0.15) is 0 Å². The topological polar surface area (TPSA) is 58.4 Å². The van der Waals surface area contributed by atoms with E-state index in [1.807, 2.05) is 6.07 Å². The Hall–Kier alpha value is -0.910. The van der Waals surface area contributed by atoms with Crippen molar-refractivity contribution in [3.8, 4) is 0 Å². The van der Waals surface area contributed by atoms with Crippen LogP contribution in [0, 0.1) is 0 Å². The lowest BCUT2D eigenvalue weighted by molar-refractivity contribution is 0.0957. The largest absolute Gasteiger partial charge is 0.299 e. The lowest BCUT2D eigenvalue weighted by Gasteiger charge is -2.16. The van der Waals surface area contributed by atoms with E-state index in [-0.39, 0.29) is 5.91 Å². The van der Waals surface area contributed by atoms with E-state index in [9.17, 15) is 4.79 Å². The van der Waals surface area contributed by atoms with Gasteiger partial charge >= 0.3 is 0 Å². The fraction of sp³-hybridized carbons (Fsp3) is 0.545. The van der Waals surface area contributed by atoms with E-state index in [1.54, 1.807) is 11.3 Å². The summed E-state index contributed by atoms with van der Waals surface area (Å²) in [5.74, 6) is 4.96. The third kappa shape index (κ3) is 2.26. The molecule has 0 radical (unpaired) electrons. The molecule has 1 amide bonds. The van der Waals surface area contributed by atoms with Gasteiger partial charge in [-0.3, -0.25) is 15.1 Å². The number of hydrogen-bond donors (Lipinski definition) is 2. The summed E-state index contributed by atoms with van der Waals surface area (Å²) in [6, 6.07) is 1.98. The van der Waals surface area contributed by atoms with Gasteiger partial charge in [-0.1, -0.05) is 6.92 Å². The Balaban J connectivity index is 2.23. The van der Waals surface area contributed by atoms with Gasteiger partial charge in [0.1, 0.15) is 0 Å². The lowest BCUT2D eigenvalue weighted by atomic mass is 10.2. The maximum atomic E-state index is 11.4. The van der Waals surface area contributed by atoms with E-state index in [1.165, 1.54) is 16.9 Å². The molecule has 1 aromatic heterocycles. The molecule has 0 atom stereocenters. The van der Waals surface area contributed by atoms with Gasteiger partial charge in [-0.05, 0) is 37.6 Å². The monoisotopic (exact) mass is 239 g/mol. The highest BCUT2D eigenvalue weighted by Crippen LogP contribution is 2.27. The molecule has 0 saturated heterocycles. The van der Waals surface area contributed by atoms with Crippen LogP contribution >= 0.6 is 11.3 Å². The van der Waals surface area contributed by atoms with Gasteiger partial charge in [0.05, 0.1) is 4.88 Å². The standard InChI is InChI=1S/C11H17N3OS/c1-2-14-5-3-4-9-8(7-14)6-10(16-9)11(15)13-12/h6H,2-5,7,12H2,1H3,(H,13,15). The molecule has 4 nitrogen and oxygen atoms in total. The van der Waals surface area contributed by atoms with Crippen molar-refractivity contribution in [1.82, 2.24) is 10.3 Å². The van der Waals surface area contributed by atoms with E-state index in [2.05, 4.69) is 17.2 Å². The number of aryl methyl sites for hydroxylation is 1. The molecule has 16 heavy (non-hydrogen) atoms. The molecular weight excluding hydrogens is 222 g/mol. The summed E-state index contributed by atoms with van der Waals surface area (Å²) in [5, 5.41) is 0. The normalized spacial score (nSPS) is 16.6. The van der Waals surface area contributed by atoms with Gasteiger partial charge in [-0.25, -0.2) is 5.84 Å². The summed E-state index contributed by atoms with van der Waals surface area (Å²) in [6.07, 6.45) is 2.25. The van der Waals surface area contributed by atoms with Crippen LogP contribution in [0.25, 0.3) is 0 Å². The van der Waals surface area contributed by atoms with Crippen LogP contribution in [0.2, 0.25) is 0 Å². The van der Waals surface area contributed by atoms with Crippen LogP contribution in [-0.4, -0.2) is 23.9 Å².